The van der Waals surface area contributed by atoms with Crippen molar-refractivity contribution in [2.45, 2.75) is 19.3 Å². The minimum absolute atomic E-state index is 0.129. The molecule has 0 spiro atoms. The first-order valence-electron chi connectivity index (χ1n) is 4.51. The molecule has 17 heavy (non-hydrogen) atoms. The van der Waals surface area contributed by atoms with Gasteiger partial charge in [-0.15, -0.1) is 0 Å². The molecule has 3 nitrogen and oxygen atoms in total. The average molecular weight is 268 g/mol. The van der Waals surface area contributed by atoms with Crippen LogP contribution in [0.4, 0.5) is 17.6 Å². The monoisotopic (exact) mass is 267 g/mol. The second kappa shape index (κ2) is 3.83. The van der Waals surface area contributed by atoms with Crippen molar-refractivity contribution in [3.05, 3.63) is 28.9 Å². The smallest absolute Gasteiger partial charge is 0.273 e. The van der Waals surface area contributed by atoms with E-state index in [0.717, 1.165) is 12.4 Å². The molecule has 8 heteroatoms. The first-order valence-corrected chi connectivity index (χ1v) is 4.89. The second-order valence-corrected chi connectivity index (χ2v) is 3.79. The van der Waals surface area contributed by atoms with Crippen LogP contribution in [0.25, 0.3) is 5.65 Å². The van der Waals surface area contributed by atoms with Crippen molar-refractivity contribution in [2.24, 2.45) is 0 Å². The molecule has 0 fully saturated rings. The molecule has 2 aromatic rings. The number of hydrogen-bond donors (Lipinski definition) is 0. The van der Waals surface area contributed by atoms with Crippen LogP contribution < -0.4 is 0 Å². The number of nitrogens with zero attached hydrogens (tertiary/aromatic N) is 3. The van der Waals surface area contributed by atoms with E-state index in [1.54, 1.807) is 6.92 Å². The largest absolute Gasteiger partial charge is 0.425 e. The Morgan fingerprint density at radius 3 is 2.65 bits per heavy atom. The maximum absolute atomic E-state index is 13.0. The van der Waals surface area contributed by atoms with E-state index in [-0.39, 0.29) is 10.8 Å². The van der Waals surface area contributed by atoms with Crippen LogP contribution in [0.1, 0.15) is 17.6 Å². The lowest BCUT2D eigenvalue weighted by Crippen LogP contribution is -2.17. The highest BCUT2D eigenvalue weighted by Gasteiger charge is 2.42. The average Bonchev–Trinajstić information content (AvgIpc) is 2.52. The molecule has 0 saturated carbocycles. The zero-order chi connectivity index (χ0) is 12.8. The van der Waals surface area contributed by atoms with E-state index >= 15 is 0 Å². The van der Waals surface area contributed by atoms with Crippen molar-refractivity contribution in [1.29, 1.82) is 0 Å². The highest BCUT2D eigenvalue weighted by molar-refractivity contribution is 6.30. The van der Waals surface area contributed by atoms with Crippen LogP contribution in [0.3, 0.4) is 0 Å². The summed E-state index contributed by atoms with van der Waals surface area (Å²) in [6.45, 7) is 1.59. The van der Waals surface area contributed by atoms with Gasteiger partial charge in [-0.05, 0) is 6.92 Å². The molecule has 0 aliphatic rings. The van der Waals surface area contributed by atoms with Crippen molar-refractivity contribution in [3.63, 3.8) is 0 Å². The van der Waals surface area contributed by atoms with Crippen LogP contribution in [0.2, 0.25) is 5.15 Å². The summed E-state index contributed by atoms with van der Waals surface area (Å²) in [5.74, 6) is 0. The molecule has 2 aromatic heterocycles. The summed E-state index contributed by atoms with van der Waals surface area (Å²) in [6.07, 6.45) is -7.08. The molecule has 2 rings (SSSR count). The Hall–Kier alpha value is -1.37. The van der Waals surface area contributed by atoms with Gasteiger partial charge in [-0.25, -0.2) is 14.4 Å². The third kappa shape index (κ3) is 2.06. The van der Waals surface area contributed by atoms with E-state index in [1.807, 2.05) is 0 Å². The Kier molecular flexibility index (Phi) is 2.73. The summed E-state index contributed by atoms with van der Waals surface area (Å²) in [4.78, 5) is 7.29. The summed E-state index contributed by atoms with van der Waals surface area (Å²) in [5.41, 5.74) is -0.163. The number of imidazole rings is 1. The van der Waals surface area contributed by atoms with Gasteiger partial charge in [0.1, 0.15) is 17.1 Å². The quantitative estimate of drug-likeness (QED) is 0.743. The number of aromatic nitrogens is 3. The van der Waals surface area contributed by atoms with Gasteiger partial charge in [0.15, 0.2) is 0 Å². The first-order chi connectivity index (χ1) is 7.80. The molecule has 0 bridgehead atoms. The maximum Gasteiger partial charge on any atom is 0.425 e. The summed E-state index contributed by atoms with van der Waals surface area (Å²) in [6, 6.07) is 0.928. The highest BCUT2D eigenvalue weighted by atomic mass is 35.5. The number of aryl methyl sites for hydroxylation is 1. The molecule has 0 radical (unpaired) electrons. The predicted octanol–water partition coefficient (Wildman–Crippen LogP) is 3.26. The Labute approximate surface area is 98.0 Å². The van der Waals surface area contributed by atoms with Gasteiger partial charge in [0, 0.05) is 6.07 Å². The lowest BCUT2D eigenvalue weighted by molar-refractivity contribution is -0.183. The van der Waals surface area contributed by atoms with Crippen LogP contribution in [-0.2, 0) is 0 Å². The highest BCUT2D eigenvalue weighted by Crippen LogP contribution is 2.35. The molecule has 0 amide bonds. The lowest BCUT2D eigenvalue weighted by Gasteiger charge is -2.11. The SMILES string of the molecule is Cc1nc2cc(C(F)C(F)(F)F)ncn2c1Cl. The third-order valence-electron chi connectivity index (χ3n) is 2.19. The summed E-state index contributed by atoms with van der Waals surface area (Å²) in [7, 11) is 0. The summed E-state index contributed by atoms with van der Waals surface area (Å²) >= 11 is 5.81. The van der Waals surface area contributed by atoms with Gasteiger partial charge in [0.2, 0.25) is 6.17 Å². The molecule has 0 N–H and O–H groups in total. The van der Waals surface area contributed by atoms with Crippen LogP contribution in [0, 0.1) is 6.92 Å². The van der Waals surface area contributed by atoms with Crippen LogP contribution in [0.15, 0.2) is 12.4 Å². The fourth-order valence-electron chi connectivity index (χ4n) is 1.36. The van der Waals surface area contributed by atoms with Gasteiger partial charge in [-0.1, -0.05) is 11.6 Å². The van der Waals surface area contributed by atoms with Crippen LogP contribution in [0.5, 0.6) is 0 Å². The van der Waals surface area contributed by atoms with E-state index in [0.29, 0.717) is 5.69 Å². The van der Waals surface area contributed by atoms with Gasteiger partial charge in [0.05, 0.1) is 11.4 Å². The van der Waals surface area contributed by atoms with Crippen LogP contribution in [-0.4, -0.2) is 20.5 Å². The second-order valence-electron chi connectivity index (χ2n) is 3.43. The zero-order valence-corrected chi connectivity index (χ0v) is 9.22. The van der Waals surface area contributed by atoms with Gasteiger partial charge in [0.25, 0.3) is 0 Å². The number of halogens is 5. The molecule has 1 atom stereocenters. The van der Waals surface area contributed by atoms with Crippen molar-refractivity contribution >= 4 is 17.2 Å². The van der Waals surface area contributed by atoms with E-state index in [9.17, 15) is 17.6 Å². The van der Waals surface area contributed by atoms with Crippen molar-refractivity contribution in [3.8, 4) is 0 Å². The molecular formula is C9H6ClF4N3. The minimum Gasteiger partial charge on any atom is -0.273 e. The molecule has 0 aromatic carbocycles. The Morgan fingerprint density at radius 1 is 1.41 bits per heavy atom. The fourth-order valence-corrected chi connectivity index (χ4v) is 1.53. The van der Waals surface area contributed by atoms with Crippen LogP contribution >= 0.6 is 11.6 Å². The summed E-state index contributed by atoms with van der Waals surface area (Å²) in [5, 5.41) is 0.237. The number of rotatable bonds is 1. The van der Waals surface area contributed by atoms with E-state index in [1.165, 1.54) is 4.40 Å². The molecule has 92 valence electrons. The molecular weight excluding hydrogens is 262 g/mol. The van der Waals surface area contributed by atoms with Gasteiger partial charge in [-0.2, -0.15) is 13.2 Å². The normalized spacial score (nSPS) is 14.2. The molecule has 0 aliphatic heterocycles. The minimum atomic E-state index is -4.98. The van der Waals surface area contributed by atoms with Gasteiger partial charge in [-0.3, -0.25) is 4.40 Å². The predicted molar refractivity (Wildman–Crippen MR) is 52.6 cm³/mol. The van der Waals surface area contributed by atoms with Crippen molar-refractivity contribution in [1.82, 2.24) is 14.4 Å². The van der Waals surface area contributed by atoms with E-state index in [4.69, 9.17) is 11.6 Å². The number of alkyl halides is 4. The summed E-state index contributed by atoms with van der Waals surface area (Å²) < 4.78 is 50.8. The Balaban J connectivity index is 2.52. The fraction of sp³-hybridized carbons (Fsp3) is 0.333. The first kappa shape index (κ1) is 12.1. The number of fused-ring (bicyclic) bond motifs is 1. The Morgan fingerprint density at radius 2 is 2.06 bits per heavy atom. The molecule has 0 saturated heterocycles. The standard InChI is InChI=1S/C9H6ClF4N3/c1-4-8(10)17-3-15-5(2-6(17)16-4)7(11)9(12,13)14/h2-3,7H,1H3. The Bertz CT molecular complexity index is 563. The molecule has 0 aliphatic carbocycles. The molecule has 2 heterocycles. The topological polar surface area (TPSA) is 30.2 Å². The van der Waals surface area contributed by atoms with Gasteiger partial charge >= 0.3 is 6.18 Å². The van der Waals surface area contributed by atoms with E-state index in [2.05, 4.69) is 9.97 Å². The molecule has 1 unspecified atom stereocenters. The van der Waals surface area contributed by atoms with Crippen molar-refractivity contribution < 1.29 is 17.6 Å². The zero-order valence-electron chi connectivity index (χ0n) is 8.46. The third-order valence-corrected chi connectivity index (χ3v) is 2.64. The lowest BCUT2D eigenvalue weighted by atomic mass is 10.2. The van der Waals surface area contributed by atoms with Gasteiger partial charge < -0.3 is 0 Å². The number of hydrogen-bond acceptors (Lipinski definition) is 2. The maximum atomic E-state index is 13.0. The van der Waals surface area contributed by atoms with Crippen molar-refractivity contribution in [2.75, 3.05) is 0 Å². The van der Waals surface area contributed by atoms with E-state index < -0.39 is 18.0 Å².